The zero-order valence-corrected chi connectivity index (χ0v) is 18.1. The van der Waals surface area contributed by atoms with Crippen molar-refractivity contribution < 1.29 is 9.53 Å². The molecule has 158 valence electrons. The molecule has 0 aliphatic heterocycles. The highest BCUT2D eigenvalue weighted by atomic mass is 32.1. The standard InChI is InChI=1S/C24H24N4O2S/c1-30-21-9-5-8-18(14-21)25-23(29)27(19-10-11-19)13-12-20-16-31-24-26-22(15-28(20)24)17-6-3-2-4-7-17/h2-9,14-16,19H,10-13H2,1H3,(H,25,29). The van der Waals surface area contributed by atoms with Gasteiger partial charge in [0.05, 0.1) is 12.8 Å². The summed E-state index contributed by atoms with van der Waals surface area (Å²) in [7, 11) is 1.62. The average Bonchev–Trinajstić information content (AvgIpc) is 3.43. The van der Waals surface area contributed by atoms with Gasteiger partial charge in [0.2, 0.25) is 0 Å². The maximum Gasteiger partial charge on any atom is 0.322 e. The predicted molar refractivity (Wildman–Crippen MR) is 124 cm³/mol. The molecule has 1 aliphatic carbocycles. The summed E-state index contributed by atoms with van der Waals surface area (Å²) in [6.07, 6.45) is 5.00. The van der Waals surface area contributed by atoms with Gasteiger partial charge in [-0.05, 0) is 25.0 Å². The maximum absolute atomic E-state index is 13.0. The van der Waals surface area contributed by atoms with E-state index >= 15 is 0 Å². The second kappa shape index (κ2) is 8.43. The molecule has 0 unspecified atom stereocenters. The zero-order chi connectivity index (χ0) is 21.2. The van der Waals surface area contributed by atoms with Gasteiger partial charge in [-0.2, -0.15) is 0 Å². The lowest BCUT2D eigenvalue weighted by Gasteiger charge is -2.23. The Morgan fingerprint density at radius 3 is 2.84 bits per heavy atom. The number of rotatable bonds is 7. The van der Waals surface area contributed by atoms with Gasteiger partial charge < -0.3 is 15.0 Å². The van der Waals surface area contributed by atoms with Crippen LogP contribution in [-0.4, -0.2) is 40.0 Å². The van der Waals surface area contributed by atoms with E-state index in [1.807, 2.05) is 47.4 Å². The number of hydrogen-bond acceptors (Lipinski definition) is 4. The van der Waals surface area contributed by atoms with E-state index in [9.17, 15) is 4.79 Å². The number of hydrogen-bond donors (Lipinski definition) is 1. The van der Waals surface area contributed by atoms with E-state index in [1.54, 1.807) is 18.4 Å². The number of carbonyl (C=O) groups excluding carboxylic acids is 1. The third-order valence-corrected chi connectivity index (χ3v) is 6.42. The van der Waals surface area contributed by atoms with Gasteiger partial charge in [0.25, 0.3) is 0 Å². The lowest BCUT2D eigenvalue weighted by atomic mass is 10.2. The molecule has 1 N–H and O–H groups in total. The molecule has 5 rings (SSSR count). The highest BCUT2D eigenvalue weighted by molar-refractivity contribution is 7.15. The third kappa shape index (κ3) is 4.27. The van der Waals surface area contributed by atoms with Gasteiger partial charge in [-0.15, -0.1) is 11.3 Å². The first kappa shape index (κ1) is 19.6. The molecular formula is C24H24N4O2S. The number of nitrogens with one attached hydrogen (secondary N) is 1. The van der Waals surface area contributed by atoms with Gasteiger partial charge in [-0.1, -0.05) is 36.4 Å². The molecule has 31 heavy (non-hydrogen) atoms. The molecular weight excluding hydrogens is 408 g/mol. The molecule has 2 amide bonds. The predicted octanol–water partition coefficient (Wildman–Crippen LogP) is 5.31. The molecule has 2 heterocycles. The molecule has 1 saturated carbocycles. The van der Waals surface area contributed by atoms with E-state index in [1.165, 1.54) is 5.69 Å². The molecule has 0 bridgehead atoms. The van der Waals surface area contributed by atoms with Crippen molar-refractivity contribution >= 4 is 28.0 Å². The van der Waals surface area contributed by atoms with Crippen LogP contribution in [0.2, 0.25) is 0 Å². The fourth-order valence-corrected chi connectivity index (χ4v) is 4.63. The van der Waals surface area contributed by atoms with Crippen LogP contribution in [0.3, 0.4) is 0 Å². The van der Waals surface area contributed by atoms with Gasteiger partial charge in [-0.25, -0.2) is 9.78 Å². The smallest absolute Gasteiger partial charge is 0.322 e. The van der Waals surface area contributed by atoms with Crippen LogP contribution in [0.1, 0.15) is 18.5 Å². The number of benzene rings is 2. The van der Waals surface area contributed by atoms with Crippen LogP contribution in [0.25, 0.3) is 16.2 Å². The average molecular weight is 433 g/mol. The quantitative estimate of drug-likeness (QED) is 0.431. The molecule has 0 atom stereocenters. The number of urea groups is 1. The lowest BCUT2D eigenvalue weighted by Crippen LogP contribution is -2.38. The maximum atomic E-state index is 13.0. The fourth-order valence-electron chi connectivity index (χ4n) is 3.72. The molecule has 1 fully saturated rings. The monoisotopic (exact) mass is 432 g/mol. The molecule has 0 spiro atoms. The summed E-state index contributed by atoms with van der Waals surface area (Å²) in [5.41, 5.74) is 4.01. The third-order valence-electron chi connectivity index (χ3n) is 5.53. The van der Waals surface area contributed by atoms with Crippen molar-refractivity contribution in [2.45, 2.75) is 25.3 Å². The van der Waals surface area contributed by atoms with Gasteiger partial charge in [0, 0.05) is 53.6 Å². The molecule has 0 radical (unpaired) electrons. The Labute approximate surface area is 185 Å². The topological polar surface area (TPSA) is 58.9 Å². The molecule has 4 aromatic rings. The normalized spacial score (nSPS) is 13.3. The van der Waals surface area contributed by atoms with Crippen molar-refractivity contribution in [2.75, 3.05) is 19.0 Å². The molecule has 0 saturated heterocycles. The summed E-state index contributed by atoms with van der Waals surface area (Å²) in [6.45, 7) is 0.672. The van der Waals surface area contributed by atoms with E-state index in [4.69, 9.17) is 9.72 Å². The van der Waals surface area contributed by atoms with Crippen LogP contribution < -0.4 is 10.1 Å². The fraction of sp³-hybridized carbons (Fsp3) is 0.250. The second-order valence-electron chi connectivity index (χ2n) is 7.71. The molecule has 2 aromatic carbocycles. The Morgan fingerprint density at radius 1 is 1.23 bits per heavy atom. The molecule has 6 nitrogen and oxygen atoms in total. The number of aromatic nitrogens is 2. The van der Waals surface area contributed by atoms with Gasteiger partial charge >= 0.3 is 6.03 Å². The van der Waals surface area contributed by atoms with Crippen LogP contribution in [-0.2, 0) is 6.42 Å². The van der Waals surface area contributed by atoms with E-state index in [0.29, 0.717) is 12.6 Å². The van der Waals surface area contributed by atoms with Gasteiger partial charge in [-0.3, -0.25) is 4.40 Å². The van der Waals surface area contributed by atoms with Crippen molar-refractivity contribution in [3.63, 3.8) is 0 Å². The van der Waals surface area contributed by atoms with Crippen LogP contribution in [0, 0.1) is 0 Å². The summed E-state index contributed by atoms with van der Waals surface area (Å²) >= 11 is 1.64. The number of nitrogens with zero attached hydrogens (tertiary/aromatic N) is 3. The molecule has 2 aromatic heterocycles. The van der Waals surface area contributed by atoms with Gasteiger partial charge in [0.15, 0.2) is 4.96 Å². The number of thiazole rings is 1. The Morgan fingerprint density at radius 2 is 2.06 bits per heavy atom. The summed E-state index contributed by atoms with van der Waals surface area (Å²) in [6, 6.07) is 17.9. The summed E-state index contributed by atoms with van der Waals surface area (Å²) in [5, 5.41) is 5.16. The molecule has 1 aliphatic rings. The minimum Gasteiger partial charge on any atom is -0.497 e. The Hall–Kier alpha value is -3.32. The van der Waals surface area contributed by atoms with Crippen molar-refractivity contribution in [1.82, 2.24) is 14.3 Å². The number of imidazole rings is 1. The lowest BCUT2D eigenvalue weighted by molar-refractivity contribution is 0.209. The number of fused-ring (bicyclic) bond motifs is 1. The summed E-state index contributed by atoms with van der Waals surface area (Å²) < 4.78 is 7.41. The first-order valence-corrected chi connectivity index (χ1v) is 11.3. The van der Waals surface area contributed by atoms with Crippen LogP contribution in [0.4, 0.5) is 10.5 Å². The van der Waals surface area contributed by atoms with Crippen LogP contribution in [0.5, 0.6) is 5.75 Å². The van der Waals surface area contributed by atoms with E-state index in [-0.39, 0.29) is 6.03 Å². The highest BCUT2D eigenvalue weighted by Crippen LogP contribution is 2.29. The van der Waals surface area contributed by atoms with Crippen LogP contribution >= 0.6 is 11.3 Å². The number of carbonyl (C=O) groups is 1. The second-order valence-corrected chi connectivity index (χ2v) is 8.55. The van der Waals surface area contributed by atoms with Crippen LogP contribution in [0.15, 0.2) is 66.2 Å². The van der Waals surface area contributed by atoms with Gasteiger partial charge in [0.1, 0.15) is 5.75 Å². The van der Waals surface area contributed by atoms with Crippen molar-refractivity contribution in [3.05, 3.63) is 71.9 Å². The highest BCUT2D eigenvalue weighted by Gasteiger charge is 2.32. The van der Waals surface area contributed by atoms with E-state index in [0.717, 1.165) is 46.9 Å². The summed E-state index contributed by atoms with van der Waals surface area (Å²) in [5.74, 6) is 0.728. The Kier molecular flexibility index (Phi) is 5.34. The zero-order valence-electron chi connectivity index (χ0n) is 17.3. The summed E-state index contributed by atoms with van der Waals surface area (Å²) in [4.78, 5) is 20.7. The number of methoxy groups -OCH3 is 1. The minimum absolute atomic E-state index is 0.0576. The van der Waals surface area contributed by atoms with Crippen molar-refractivity contribution in [1.29, 1.82) is 0 Å². The van der Waals surface area contributed by atoms with E-state index in [2.05, 4.69) is 33.4 Å². The number of amides is 2. The first-order chi connectivity index (χ1) is 15.2. The number of ether oxygens (including phenoxy) is 1. The first-order valence-electron chi connectivity index (χ1n) is 10.4. The minimum atomic E-state index is -0.0576. The van der Waals surface area contributed by atoms with Crippen molar-refractivity contribution in [3.8, 4) is 17.0 Å². The largest absolute Gasteiger partial charge is 0.497 e. The van der Waals surface area contributed by atoms with E-state index < -0.39 is 0 Å². The van der Waals surface area contributed by atoms with Crippen molar-refractivity contribution in [2.24, 2.45) is 0 Å². The SMILES string of the molecule is COc1cccc(NC(=O)N(CCc2csc3nc(-c4ccccc4)cn23)C2CC2)c1. The number of anilines is 1. The Balaban J connectivity index is 1.29. The Bertz CT molecular complexity index is 1200. The molecule has 7 heteroatoms.